The van der Waals surface area contributed by atoms with Crippen molar-refractivity contribution < 1.29 is 4.79 Å². The number of carbonyl (C=O) groups excluding carboxylic acids is 1. The van der Waals surface area contributed by atoms with Crippen LogP contribution in [0.3, 0.4) is 0 Å². The fourth-order valence-corrected chi connectivity index (χ4v) is 3.75. The van der Waals surface area contributed by atoms with Crippen molar-refractivity contribution >= 4 is 5.91 Å². The molecular weight excluding hydrogens is 336 g/mol. The topological polar surface area (TPSA) is 41.4 Å². The van der Waals surface area contributed by atoms with Crippen molar-refractivity contribution in [3.05, 3.63) is 52.8 Å². The van der Waals surface area contributed by atoms with Gasteiger partial charge in [-0.1, -0.05) is 51.1 Å². The average Bonchev–Trinajstić information content (AvgIpc) is 2.96. The summed E-state index contributed by atoms with van der Waals surface area (Å²) in [4.78, 5) is 17.7. The Bertz CT molecular complexity index is 758. The molecule has 0 saturated carbocycles. The second-order valence-corrected chi connectivity index (χ2v) is 7.87. The molecule has 0 spiro atoms. The maximum atomic E-state index is 13.3. The molecule has 2 heterocycles. The number of amides is 1. The van der Waals surface area contributed by atoms with Crippen LogP contribution in [0.25, 0.3) is 0 Å². The molecular formula is C22H32N4O. The van der Waals surface area contributed by atoms with Gasteiger partial charge in [0.1, 0.15) is 0 Å². The highest BCUT2D eigenvalue weighted by molar-refractivity contribution is 5.96. The van der Waals surface area contributed by atoms with Crippen molar-refractivity contribution in [1.29, 1.82) is 0 Å². The standard InChI is InChI=1S/C22H32N4O/c1-5-24-11-13-25(14-12-24)22(27)21-18(4)26(23-20(21)15-17(2)3)16-19-9-7-6-8-10-19/h6-10,17H,5,11-16H2,1-4H3. The third kappa shape index (κ3) is 4.59. The molecule has 0 bridgehead atoms. The van der Waals surface area contributed by atoms with Gasteiger partial charge in [-0.3, -0.25) is 9.48 Å². The van der Waals surface area contributed by atoms with Gasteiger partial charge in [0.15, 0.2) is 0 Å². The van der Waals surface area contributed by atoms with Gasteiger partial charge in [-0.05, 0) is 31.4 Å². The van der Waals surface area contributed by atoms with Gasteiger partial charge in [0, 0.05) is 31.9 Å². The number of piperazine rings is 1. The second kappa shape index (κ2) is 8.70. The van der Waals surface area contributed by atoms with E-state index in [2.05, 4.69) is 37.8 Å². The number of hydrogen-bond donors (Lipinski definition) is 0. The van der Waals surface area contributed by atoms with Gasteiger partial charge in [0.25, 0.3) is 5.91 Å². The molecule has 1 fully saturated rings. The fraction of sp³-hybridized carbons (Fsp3) is 0.545. The predicted octanol–water partition coefficient (Wildman–Crippen LogP) is 3.22. The van der Waals surface area contributed by atoms with E-state index in [1.54, 1.807) is 0 Å². The molecule has 1 amide bonds. The molecule has 5 heteroatoms. The Morgan fingerprint density at radius 2 is 1.78 bits per heavy atom. The zero-order valence-corrected chi connectivity index (χ0v) is 17.1. The lowest BCUT2D eigenvalue weighted by atomic mass is 10.0. The van der Waals surface area contributed by atoms with E-state index in [4.69, 9.17) is 5.10 Å². The fourth-order valence-electron chi connectivity index (χ4n) is 3.75. The summed E-state index contributed by atoms with van der Waals surface area (Å²) >= 11 is 0. The molecule has 0 unspecified atom stereocenters. The lowest BCUT2D eigenvalue weighted by Crippen LogP contribution is -2.48. The minimum absolute atomic E-state index is 0.151. The highest BCUT2D eigenvalue weighted by Crippen LogP contribution is 2.21. The smallest absolute Gasteiger partial charge is 0.257 e. The molecule has 1 saturated heterocycles. The molecule has 1 aromatic carbocycles. The van der Waals surface area contributed by atoms with Gasteiger partial charge in [-0.25, -0.2) is 0 Å². The van der Waals surface area contributed by atoms with E-state index < -0.39 is 0 Å². The third-order valence-corrected chi connectivity index (χ3v) is 5.38. The van der Waals surface area contributed by atoms with Gasteiger partial charge in [0.2, 0.25) is 0 Å². The number of carbonyl (C=O) groups is 1. The Hall–Kier alpha value is -2.14. The normalized spacial score (nSPS) is 15.5. The lowest BCUT2D eigenvalue weighted by Gasteiger charge is -2.34. The lowest BCUT2D eigenvalue weighted by molar-refractivity contribution is 0.0641. The minimum atomic E-state index is 0.151. The monoisotopic (exact) mass is 368 g/mol. The van der Waals surface area contributed by atoms with Crippen LogP contribution in [0.4, 0.5) is 0 Å². The quantitative estimate of drug-likeness (QED) is 0.786. The molecule has 146 valence electrons. The van der Waals surface area contributed by atoms with E-state index in [1.165, 1.54) is 5.56 Å². The first kappa shape index (κ1) is 19.6. The molecule has 27 heavy (non-hydrogen) atoms. The summed E-state index contributed by atoms with van der Waals surface area (Å²) < 4.78 is 2.00. The van der Waals surface area contributed by atoms with E-state index in [0.717, 1.165) is 56.1 Å². The first-order valence-corrected chi connectivity index (χ1v) is 10.1. The largest absolute Gasteiger partial charge is 0.336 e. The van der Waals surface area contributed by atoms with Crippen molar-refractivity contribution in [3.63, 3.8) is 0 Å². The van der Waals surface area contributed by atoms with E-state index in [-0.39, 0.29) is 5.91 Å². The summed E-state index contributed by atoms with van der Waals surface area (Å²) in [6.45, 7) is 13.8. The Labute approximate surface area is 163 Å². The van der Waals surface area contributed by atoms with Crippen LogP contribution < -0.4 is 0 Å². The van der Waals surface area contributed by atoms with Crippen LogP contribution in [0.1, 0.15) is 48.1 Å². The maximum Gasteiger partial charge on any atom is 0.257 e. The zero-order valence-electron chi connectivity index (χ0n) is 17.1. The highest BCUT2D eigenvalue weighted by atomic mass is 16.2. The van der Waals surface area contributed by atoms with E-state index in [0.29, 0.717) is 12.5 Å². The van der Waals surface area contributed by atoms with Crippen LogP contribution in [0, 0.1) is 12.8 Å². The van der Waals surface area contributed by atoms with Crippen LogP contribution in [0.15, 0.2) is 30.3 Å². The molecule has 1 aliphatic rings. The molecule has 0 aliphatic carbocycles. The summed E-state index contributed by atoms with van der Waals surface area (Å²) in [6, 6.07) is 10.3. The number of nitrogens with zero attached hydrogens (tertiary/aromatic N) is 4. The van der Waals surface area contributed by atoms with Crippen LogP contribution >= 0.6 is 0 Å². The van der Waals surface area contributed by atoms with Crippen LogP contribution in [-0.4, -0.2) is 58.2 Å². The molecule has 1 aromatic heterocycles. The number of hydrogen-bond acceptors (Lipinski definition) is 3. The molecule has 3 rings (SSSR count). The molecule has 1 aliphatic heterocycles. The summed E-state index contributed by atoms with van der Waals surface area (Å²) in [5.41, 5.74) is 3.96. The van der Waals surface area contributed by atoms with Crippen molar-refractivity contribution in [2.75, 3.05) is 32.7 Å². The summed E-state index contributed by atoms with van der Waals surface area (Å²) in [6.07, 6.45) is 0.832. The van der Waals surface area contributed by atoms with Gasteiger partial charge in [-0.15, -0.1) is 0 Å². The second-order valence-electron chi connectivity index (χ2n) is 7.87. The van der Waals surface area contributed by atoms with Crippen molar-refractivity contribution in [2.45, 2.75) is 40.7 Å². The Morgan fingerprint density at radius 3 is 2.37 bits per heavy atom. The highest BCUT2D eigenvalue weighted by Gasteiger charge is 2.28. The Morgan fingerprint density at radius 1 is 1.11 bits per heavy atom. The first-order valence-electron chi connectivity index (χ1n) is 10.1. The summed E-state index contributed by atoms with van der Waals surface area (Å²) in [5, 5.41) is 4.85. The van der Waals surface area contributed by atoms with E-state index >= 15 is 0 Å². The Kier molecular flexibility index (Phi) is 6.32. The number of likely N-dealkylation sites (N-methyl/N-ethyl adjacent to an activating group) is 1. The van der Waals surface area contributed by atoms with Crippen molar-refractivity contribution in [2.24, 2.45) is 5.92 Å². The Balaban J connectivity index is 1.87. The van der Waals surface area contributed by atoms with E-state index in [1.807, 2.05) is 34.7 Å². The molecule has 5 nitrogen and oxygen atoms in total. The van der Waals surface area contributed by atoms with Crippen molar-refractivity contribution in [3.8, 4) is 0 Å². The zero-order chi connectivity index (χ0) is 19.4. The van der Waals surface area contributed by atoms with Gasteiger partial charge in [0.05, 0.1) is 17.8 Å². The van der Waals surface area contributed by atoms with Crippen LogP contribution in [0.5, 0.6) is 0 Å². The van der Waals surface area contributed by atoms with E-state index in [9.17, 15) is 4.79 Å². The summed E-state index contributed by atoms with van der Waals surface area (Å²) in [5.74, 6) is 0.617. The number of rotatable bonds is 6. The maximum absolute atomic E-state index is 13.3. The molecule has 0 N–H and O–H groups in total. The number of aromatic nitrogens is 2. The van der Waals surface area contributed by atoms with Gasteiger partial charge >= 0.3 is 0 Å². The molecule has 0 radical (unpaired) electrons. The van der Waals surface area contributed by atoms with Crippen LogP contribution in [-0.2, 0) is 13.0 Å². The molecule has 2 aromatic rings. The number of benzene rings is 1. The van der Waals surface area contributed by atoms with Crippen LogP contribution in [0.2, 0.25) is 0 Å². The molecule has 0 atom stereocenters. The van der Waals surface area contributed by atoms with Crippen molar-refractivity contribution in [1.82, 2.24) is 19.6 Å². The SMILES string of the molecule is CCN1CCN(C(=O)c2c(CC(C)C)nn(Cc3ccccc3)c2C)CC1. The minimum Gasteiger partial charge on any atom is -0.336 e. The predicted molar refractivity (Wildman–Crippen MR) is 109 cm³/mol. The van der Waals surface area contributed by atoms with Gasteiger partial charge in [-0.2, -0.15) is 5.10 Å². The van der Waals surface area contributed by atoms with Gasteiger partial charge < -0.3 is 9.80 Å². The first-order chi connectivity index (χ1) is 13.0. The average molecular weight is 369 g/mol. The third-order valence-electron chi connectivity index (χ3n) is 5.38. The summed E-state index contributed by atoms with van der Waals surface area (Å²) in [7, 11) is 0.